The molecule has 1 heterocycles. The van der Waals surface area contributed by atoms with Crippen LogP contribution < -0.4 is 5.73 Å². The first-order valence-electron chi connectivity index (χ1n) is 6.71. The highest BCUT2D eigenvalue weighted by Crippen LogP contribution is 2.38. The molecule has 1 amide bonds. The van der Waals surface area contributed by atoms with Crippen molar-refractivity contribution in [1.29, 1.82) is 0 Å². The highest BCUT2D eigenvalue weighted by Gasteiger charge is 2.47. The Labute approximate surface area is 103 Å². The minimum Gasteiger partial charge on any atom is -0.386 e. The predicted molar refractivity (Wildman–Crippen MR) is 66.4 cm³/mol. The van der Waals surface area contributed by atoms with Gasteiger partial charge >= 0.3 is 0 Å². The molecule has 1 aliphatic carbocycles. The second-order valence-electron chi connectivity index (χ2n) is 6.06. The Morgan fingerprint density at radius 3 is 2.18 bits per heavy atom. The van der Waals surface area contributed by atoms with Crippen molar-refractivity contribution in [1.82, 2.24) is 4.90 Å². The van der Waals surface area contributed by atoms with Crippen molar-refractivity contribution < 1.29 is 9.90 Å². The van der Waals surface area contributed by atoms with E-state index >= 15 is 0 Å². The van der Waals surface area contributed by atoms with Crippen molar-refractivity contribution in [3.05, 3.63) is 0 Å². The van der Waals surface area contributed by atoms with Gasteiger partial charge < -0.3 is 15.7 Å². The van der Waals surface area contributed by atoms with Gasteiger partial charge in [0, 0.05) is 6.54 Å². The first-order valence-corrected chi connectivity index (χ1v) is 6.71. The molecule has 0 unspecified atom stereocenters. The molecule has 1 aliphatic heterocycles. The second kappa shape index (κ2) is 4.58. The van der Waals surface area contributed by atoms with E-state index in [9.17, 15) is 9.90 Å². The van der Waals surface area contributed by atoms with Crippen molar-refractivity contribution in [3.8, 4) is 0 Å². The van der Waals surface area contributed by atoms with Crippen LogP contribution in [0.4, 0.5) is 0 Å². The number of nitrogens with two attached hydrogens (primary N) is 1. The zero-order valence-electron chi connectivity index (χ0n) is 10.7. The van der Waals surface area contributed by atoms with Gasteiger partial charge in [0.25, 0.3) is 0 Å². The van der Waals surface area contributed by atoms with Crippen LogP contribution in [-0.2, 0) is 4.79 Å². The summed E-state index contributed by atoms with van der Waals surface area (Å²) < 4.78 is 0. The van der Waals surface area contributed by atoms with E-state index in [0.29, 0.717) is 19.6 Å². The van der Waals surface area contributed by atoms with Gasteiger partial charge in [-0.05, 0) is 19.8 Å². The van der Waals surface area contributed by atoms with Crippen molar-refractivity contribution in [2.45, 2.75) is 51.0 Å². The minimum absolute atomic E-state index is 0.174. The number of nitrogens with zero attached hydrogens (tertiary/aromatic N) is 1. The number of likely N-dealkylation sites (tertiary alicyclic amines) is 1. The fourth-order valence-electron chi connectivity index (χ4n) is 3.17. The Morgan fingerprint density at radius 2 is 1.76 bits per heavy atom. The molecule has 2 rings (SSSR count). The van der Waals surface area contributed by atoms with Crippen LogP contribution in [0.1, 0.15) is 45.4 Å². The molecule has 17 heavy (non-hydrogen) atoms. The smallest absolute Gasteiger partial charge is 0.230 e. The van der Waals surface area contributed by atoms with Crippen LogP contribution in [0, 0.1) is 5.41 Å². The lowest BCUT2D eigenvalue weighted by Gasteiger charge is -2.48. The van der Waals surface area contributed by atoms with Gasteiger partial charge in [-0.1, -0.05) is 25.7 Å². The predicted octanol–water partition coefficient (Wildman–Crippen LogP) is 0.879. The molecule has 0 radical (unpaired) electrons. The van der Waals surface area contributed by atoms with Gasteiger partial charge in [0.2, 0.25) is 5.91 Å². The monoisotopic (exact) mass is 240 g/mol. The van der Waals surface area contributed by atoms with Crippen molar-refractivity contribution >= 4 is 5.91 Å². The average molecular weight is 240 g/mol. The molecule has 0 aromatic heterocycles. The zero-order chi connectivity index (χ0) is 12.5. The van der Waals surface area contributed by atoms with E-state index in [2.05, 4.69) is 0 Å². The SMILES string of the molecule is CC1(O)CN(C(=O)C2(CN)CCCCCC2)C1. The van der Waals surface area contributed by atoms with Crippen LogP contribution in [0.5, 0.6) is 0 Å². The number of amides is 1. The number of hydrogen-bond acceptors (Lipinski definition) is 3. The molecule has 3 N–H and O–H groups in total. The van der Waals surface area contributed by atoms with Crippen molar-refractivity contribution in [2.75, 3.05) is 19.6 Å². The van der Waals surface area contributed by atoms with E-state index < -0.39 is 5.60 Å². The van der Waals surface area contributed by atoms with E-state index in [0.717, 1.165) is 25.7 Å². The number of aliphatic hydroxyl groups is 1. The maximum atomic E-state index is 12.5. The van der Waals surface area contributed by atoms with E-state index in [4.69, 9.17) is 5.73 Å². The molecule has 2 fully saturated rings. The van der Waals surface area contributed by atoms with Gasteiger partial charge in [-0.3, -0.25) is 4.79 Å². The minimum atomic E-state index is -0.684. The lowest BCUT2D eigenvalue weighted by molar-refractivity contribution is -0.163. The number of carbonyl (C=O) groups excluding carboxylic acids is 1. The van der Waals surface area contributed by atoms with Gasteiger partial charge in [0.05, 0.1) is 24.1 Å². The molecular weight excluding hydrogens is 216 g/mol. The first kappa shape index (κ1) is 12.8. The fourth-order valence-corrected chi connectivity index (χ4v) is 3.17. The van der Waals surface area contributed by atoms with Crippen LogP contribution in [0.2, 0.25) is 0 Å². The lowest BCUT2D eigenvalue weighted by Crippen LogP contribution is -2.65. The summed E-state index contributed by atoms with van der Waals surface area (Å²) in [6, 6.07) is 0. The van der Waals surface area contributed by atoms with Gasteiger partial charge in [0.15, 0.2) is 0 Å². The van der Waals surface area contributed by atoms with Crippen molar-refractivity contribution in [3.63, 3.8) is 0 Å². The van der Waals surface area contributed by atoms with E-state index in [1.165, 1.54) is 12.8 Å². The van der Waals surface area contributed by atoms with Crippen LogP contribution in [0.15, 0.2) is 0 Å². The third-order valence-electron chi connectivity index (χ3n) is 4.26. The Morgan fingerprint density at radius 1 is 1.24 bits per heavy atom. The fraction of sp³-hybridized carbons (Fsp3) is 0.923. The van der Waals surface area contributed by atoms with E-state index in [1.807, 2.05) is 0 Å². The molecule has 0 spiro atoms. The Balaban J connectivity index is 2.04. The summed E-state index contributed by atoms with van der Waals surface area (Å²) in [5.41, 5.74) is 4.86. The highest BCUT2D eigenvalue weighted by molar-refractivity contribution is 5.84. The lowest BCUT2D eigenvalue weighted by atomic mass is 9.77. The van der Waals surface area contributed by atoms with Gasteiger partial charge in [-0.2, -0.15) is 0 Å². The van der Waals surface area contributed by atoms with Crippen molar-refractivity contribution in [2.24, 2.45) is 11.1 Å². The number of carbonyl (C=O) groups is 1. The molecule has 0 bridgehead atoms. The Bertz CT molecular complexity index is 286. The van der Waals surface area contributed by atoms with Crippen LogP contribution >= 0.6 is 0 Å². The summed E-state index contributed by atoms with van der Waals surface area (Å²) in [5, 5.41) is 9.72. The second-order valence-corrected chi connectivity index (χ2v) is 6.06. The molecule has 1 saturated carbocycles. The van der Waals surface area contributed by atoms with Crippen LogP contribution in [0.3, 0.4) is 0 Å². The normalized spacial score (nSPS) is 27.1. The number of rotatable bonds is 2. The van der Waals surface area contributed by atoms with E-state index in [1.54, 1.807) is 11.8 Å². The van der Waals surface area contributed by atoms with Gasteiger partial charge in [0.1, 0.15) is 0 Å². The standard InChI is InChI=1S/C13H24N2O2/c1-12(17)9-15(10-12)11(16)13(8-14)6-4-2-3-5-7-13/h17H,2-10,14H2,1H3. The molecule has 0 aromatic rings. The first-order chi connectivity index (χ1) is 7.99. The summed E-state index contributed by atoms with van der Waals surface area (Å²) in [4.78, 5) is 14.3. The maximum Gasteiger partial charge on any atom is 0.230 e. The van der Waals surface area contributed by atoms with Crippen LogP contribution in [0.25, 0.3) is 0 Å². The quantitative estimate of drug-likeness (QED) is 0.704. The Hall–Kier alpha value is -0.610. The number of β-amino-alcohol motifs (C(OH)–C–C–N with tert-alkyl or cyclic N) is 1. The molecule has 1 saturated heterocycles. The third-order valence-corrected chi connectivity index (χ3v) is 4.26. The molecule has 98 valence electrons. The highest BCUT2D eigenvalue weighted by atomic mass is 16.3. The van der Waals surface area contributed by atoms with E-state index in [-0.39, 0.29) is 11.3 Å². The number of hydrogen-bond donors (Lipinski definition) is 2. The summed E-state index contributed by atoms with van der Waals surface area (Å²) in [7, 11) is 0. The zero-order valence-corrected chi connectivity index (χ0v) is 10.7. The summed E-state index contributed by atoms with van der Waals surface area (Å²) in [6.45, 7) is 3.16. The molecule has 2 aliphatic rings. The molecule has 4 heteroatoms. The largest absolute Gasteiger partial charge is 0.386 e. The Kier molecular flexibility index (Phi) is 3.46. The molecule has 4 nitrogen and oxygen atoms in total. The summed E-state index contributed by atoms with van der Waals surface area (Å²) >= 11 is 0. The van der Waals surface area contributed by atoms with Crippen LogP contribution in [-0.4, -0.2) is 41.1 Å². The average Bonchev–Trinajstić information content (AvgIpc) is 2.50. The molecular formula is C13H24N2O2. The van der Waals surface area contributed by atoms with Gasteiger partial charge in [-0.15, -0.1) is 0 Å². The third kappa shape index (κ3) is 2.47. The molecule has 0 aromatic carbocycles. The summed E-state index contributed by atoms with van der Waals surface area (Å²) in [6.07, 6.45) is 6.47. The summed E-state index contributed by atoms with van der Waals surface area (Å²) in [5.74, 6) is 0.174. The molecule has 0 atom stereocenters. The topological polar surface area (TPSA) is 66.6 Å². The maximum absolute atomic E-state index is 12.5. The van der Waals surface area contributed by atoms with Gasteiger partial charge in [-0.25, -0.2) is 0 Å².